The molecule has 1 fully saturated rings. The van der Waals surface area contributed by atoms with Gasteiger partial charge in [0.05, 0.1) is 0 Å². The van der Waals surface area contributed by atoms with E-state index in [0.717, 1.165) is 54.9 Å². The van der Waals surface area contributed by atoms with Crippen LogP contribution in [0.1, 0.15) is 17.1 Å². The first-order valence-electron chi connectivity index (χ1n) is 11.2. The Hall–Kier alpha value is -4.13. The number of anilines is 4. The SMILES string of the molecule is Cc1cc(Nc2cc(N3CCN(c4ccccc4)CC3)nc(/C=C/c3ccccc3)n2)n[nH]1. The molecule has 33 heavy (non-hydrogen) atoms. The first-order chi connectivity index (χ1) is 16.2. The van der Waals surface area contributed by atoms with Crippen molar-refractivity contribution in [1.29, 1.82) is 0 Å². The molecule has 3 heterocycles. The van der Waals surface area contributed by atoms with E-state index in [2.05, 4.69) is 67.8 Å². The van der Waals surface area contributed by atoms with Crippen LogP contribution in [0.5, 0.6) is 0 Å². The molecule has 4 aromatic rings. The molecule has 1 aliphatic rings. The maximum atomic E-state index is 4.86. The molecule has 1 aliphatic heterocycles. The summed E-state index contributed by atoms with van der Waals surface area (Å²) in [7, 11) is 0. The summed E-state index contributed by atoms with van der Waals surface area (Å²) < 4.78 is 0. The predicted molar refractivity (Wildman–Crippen MR) is 135 cm³/mol. The van der Waals surface area contributed by atoms with Gasteiger partial charge in [0.1, 0.15) is 11.6 Å². The van der Waals surface area contributed by atoms with Crippen LogP contribution >= 0.6 is 0 Å². The van der Waals surface area contributed by atoms with Crippen molar-refractivity contribution in [3.8, 4) is 0 Å². The second-order valence-electron chi connectivity index (χ2n) is 8.08. The van der Waals surface area contributed by atoms with Crippen molar-refractivity contribution >= 4 is 35.3 Å². The highest BCUT2D eigenvalue weighted by Gasteiger charge is 2.19. The van der Waals surface area contributed by atoms with E-state index in [1.54, 1.807) is 0 Å². The number of aromatic nitrogens is 4. The Morgan fingerprint density at radius 2 is 1.48 bits per heavy atom. The van der Waals surface area contributed by atoms with Gasteiger partial charge in [-0.1, -0.05) is 54.6 Å². The molecule has 0 spiro atoms. The molecule has 0 amide bonds. The second kappa shape index (κ2) is 9.56. The number of hydrogen-bond acceptors (Lipinski definition) is 6. The minimum atomic E-state index is 0.664. The van der Waals surface area contributed by atoms with Gasteiger partial charge in [0.2, 0.25) is 0 Å². The minimum Gasteiger partial charge on any atom is -0.368 e. The summed E-state index contributed by atoms with van der Waals surface area (Å²) in [5.41, 5.74) is 3.37. The Labute approximate surface area is 193 Å². The van der Waals surface area contributed by atoms with Crippen LogP contribution in [-0.4, -0.2) is 46.3 Å². The van der Waals surface area contributed by atoms with Gasteiger partial charge in [0.25, 0.3) is 0 Å². The first-order valence-corrected chi connectivity index (χ1v) is 11.2. The largest absolute Gasteiger partial charge is 0.368 e. The van der Waals surface area contributed by atoms with Gasteiger partial charge in [0, 0.05) is 49.7 Å². The second-order valence-corrected chi connectivity index (χ2v) is 8.08. The molecule has 2 N–H and O–H groups in total. The fourth-order valence-corrected chi connectivity index (χ4v) is 3.93. The lowest BCUT2D eigenvalue weighted by molar-refractivity contribution is 0.646. The Bertz CT molecular complexity index is 1210. The van der Waals surface area contributed by atoms with Crippen LogP contribution in [0.25, 0.3) is 12.2 Å². The van der Waals surface area contributed by atoms with Crippen molar-refractivity contribution in [2.45, 2.75) is 6.92 Å². The van der Waals surface area contributed by atoms with E-state index >= 15 is 0 Å². The Morgan fingerprint density at radius 3 is 2.18 bits per heavy atom. The number of nitrogens with one attached hydrogen (secondary N) is 2. The molecule has 0 atom stereocenters. The molecular weight excluding hydrogens is 410 g/mol. The number of rotatable bonds is 6. The van der Waals surface area contributed by atoms with Crippen LogP contribution in [0.3, 0.4) is 0 Å². The van der Waals surface area contributed by atoms with Crippen molar-refractivity contribution in [2.24, 2.45) is 0 Å². The summed E-state index contributed by atoms with van der Waals surface area (Å²) in [5, 5.41) is 10.6. The fraction of sp³-hybridized carbons (Fsp3) is 0.192. The van der Waals surface area contributed by atoms with Gasteiger partial charge < -0.3 is 15.1 Å². The molecule has 5 rings (SSSR count). The van der Waals surface area contributed by atoms with Crippen molar-refractivity contribution in [2.75, 3.05) is 41.3 Å². The zero-order valence-electron chi connectivity index (χ0n) is 18.6. The fourth-order valence-electron chi connectivity index (χ4n) is 3.93. The van der Waals surface area contributed by atoms with Crippen molar-refractivity contribution in [1.82, 2.24) is 20.2 Å². The monoisotopic (exact) mass is 437 g/mol. The lowest BCUT2D eigenvalue weighted by atomic mass is 10.2. The van der Waals surface area contributed by atoms with Crippen molar-refractivity contribution in [3.63, 3.8) is 0 Å². The summed E-state index contributed by atoms with van der Waals surface area (Å²) >= 11 is 0. The van der Waals surface area contributed by atoms with E-state index in [-0.39, 0.29) is 0 Å². The summed E-state index contributed by atoms with van der Waals surface area (Å²) in [5.74, 6) is 3.05. The summed E-state index contributed by atoms with van der Waals surface area (Å²) in [4.78, 5) is 14.3. The van der Waals surface area contributed by atoms with Crippen molar-refractivity contribution in [3.05, 3.63) is 89.9 Å². The molecule has 0 unspecified atom stereocenters. The van der Waals surface area contributed by atoms with Crippen LogP contribution < -0.4 is 15.1 Å². The van der Waals surface area contributed by atoms with Gasteiger partial charge in [-0.15, -0.1) is 0 Å². The van der Waals surface area contributed by atoms with Crippen LogP contribution in [-0.2, 0) is 0 Å². The molecule has 1 saturated heterocycles. The molecule has 166 valence electrons. The average molecular weight is 438 g/mol. The summed E-state index contributed by atoms with van der Waals surface area (Å²) in [6.45, 7) is 5.67. The molecule has 2 aromatic heterocycles. The Balaban J connectivity index is 1.38. The van der Waals surface area contributed by atoms with Gasteiger partial charge in [-0.05, 0) is 30.7 Å². The van der Waals surface area contributed by atoms with E-state index in [4.69, 9.17) is 9.97 Å². The number of piperazine rings is 1. The van der Waals surface area contributed by atoms with Crippen LogP contribution in [0.2, 0.25) is 0 Å². The third kappa shape index (κ3) is 5.20. The normalized spacial score (nSPS) is 14.1. The predicted octanol–water partition coefficient (Wildman–Crippen LogP) is 4.75. The average Bonchev–Trinajstić information content (AvgIpc) is 3.28. The summed E-state index contributed by atoms with van der Waals surface area (Å²) in [6, 6.07) is 24.7. The molecule has 7 nitrogen and oxygen atoms in total. The quantitative estimate of drug-likeness (QED) is 0.454. The van der Waals surface area contributed by atoms with E-state index < -0.39 is 0 Å². The van der Waals surface area contributed by atoms with Gasteiger partial charge in [0.15, 0.2) is 11.6 Å². The zero-order chi connectivity index (χ0) is 22.5. The molecule has 2 aromatic carbocycles. The van der Waals surface area contributed by atoms with Crippen LogP contribution in [0.4, 0.5) is 23.1 Å². The highest BCUT2D eigenvalue weighted by Crippen LogP contribution is 2.23. The van der Waals surface area contributed by atoms with E-state index in [0.29, 0.717) is 5.82 Å². The first kappa shape index (κ1) is 20.8. The van der Waals surface area contributed by atoms with E-state index in [9.17, 15) is 0 Å². The highest BCUT2D eigenvalue weighted by molar-refractivity contribution is 5.69. The van der Waals surface area contributed by atoms with Gasteiger partial charge in [-0.3, -0.25) is 5.10 Å². The zero-order valence-corrected chi connectivity index (χ0v) is 18.6. The number of nitrogens with zero attached hydrogens (tertiary/aromatic N) is 5. The number of aryl methyl sites for hydroxylation is 1. The molecule has 0 saturated carbocycles. The van der Waals surface area contributed by atoms with Gasteiger partial charge >= 0.3 is 0 Å². The maximum Gasteiger partial charge on any atom is 0.156 e. The lowest BCUT2D eigenvalue weighted by Gasteiger charge is -2.36. The molecule has 0 aliphatic carbocycles. The molecule has 0 bridgehead atoms. The van der Waals surface area contributed by atoms with Gasteiger partial charge in [-0.2, -0.15) is 5.10 Å². The van der Waals surface area contributed by atoms with E-state index in [1.807, 2.05) is 49.4 Å². The Kier molecular flexibility index (Phi) is 6.01. The van der Waals surface area contributed by atoms with Crippen LogP contribution in [0, 0.1) is 6.92 Å². The standard InChI is InChI=1S/C26H27N7/c1-20-18-25(31-30-20)28-24-19-26(29-23(27-24)13-12-21-8-4-2-5-9-21)33-16-14-32(15-17-33)22-10-6-3-7-11-22/h2-13,18-19H,14-17H2,1H3,(H2,27,28,29,30,31)/b13-12+. The third-order valence-corrected chi connectivity index (χ3v) is 5.64. The number of aromatic amines is 1. The summed E-state index contributed by atoms with van der Waals surface area (Å²) in [6.07, 6.45) is 3.99. The molecule has 0 radical (unpaired) electrons. The number of H-pyrrole nitrogens is 1. The topological polar surface area (TPSA) is 73.0 Å². The number of para-hydroxylation sites is 1. The molecule has 7 heteroatoms. The number of benzene rings is 2. The smallest absolute Gasteiger partial charge is 0.156 e. The lowest BCUT2D eigenvalue weighted by Crippen LogP contribution is -2.46. The van der Waals surface area contributed by atoms with Gasteiger partial charge in [-0.25, -0.2) is 9.97 Å². The van der Waals surface area contributed by atoms with Crippen LogP contribution in [0.15, 0.2) is 72.8 Å². The number of hydrogen-bond donors (Lipinski definition) is 2. The minimum absolute atomic E-state index is 0.664. The maximum absolute atomic E-state index is 4.86. The van der Waals surface area contributed by atoms with Crippen molar-refractivity contribution < 1.29 is 0 Å². The Morgan fingerprint density at radius 1 is 0.788 bits per heavy atom. The third-order valence-electron chi connectivity index (χ3n) is 5.64. The molecular formula is C26H27N7. The van der Waals surface area contributed by atoms with E-state index in [1.165, 1.54) is 5.69 Å². The highest BCUT2D eigenvalue weighted by atomic mass is 15.3.